The van der Waals surface area contributed by atoms with Crippen LogP contribution >= 0.6 is 11.6 Å². The van der Waals surface area contributed by atoms with Crippen LogP contribution in [-0.2, 0) is 6.54 Å². The first-order chi connectivity index (χ1) is 10.0. The molecular weight excluding hydrogens is 290 g/mol. The molecule has 110 valence electrons. The fourth-order valence-electron chi connectivity index (χ4n) is 2.02. The Morgan fingerprint density at radius 3 is 2.76 bits per heavy atom. The van der Waals surface area contributed by atoms with Gasteiger partial charge in [0.25, 0.3) is 5.91 Å². The van der Waals surface area contributed by atoms with Gasteiger partial charge in [0.15, 0.2) is 0 Å². The van der Waals surface area contributed by atoms with Crippen molar-refractivity contribution in [2.24, 2.45) is 0 Å². The minimum atomic E-state index is -0.183. The first-order valence-electron chi connectivity index (χ1n) is 6.31. The number of benzene rings is 1. The van der Waals surface area contributed by atoms with E-state index in [1.54, 1.807) is 19.1 Å². The largest absolute Gasteiger partial charge is 0.496 e. The van der Waals surface area contributed by atoms with Gasteiger partial charge in [-0.3, -0.25) is 4.79 Å². The molecule has 1 aromatic heterocycles. The molecule has 0 saturated heterocycles. The first kappa shape index (κ1) is 15.1. The lowest BCUT2D eigenvalue weighted by Gasteiger charge is -2.19. The van der Waals surface area contributed by atoms with Gasteiger partial charge in [0.05, 0.1) is 7.11 Å². The number of pyridine rings is 1. The lowest BCUT2D eigenvalue weighted by molar-refractivity contribution is 0.0784. The van der Waals surface area contributed by atoms with Crippen molar-refractivity contribution < 1.29 is 9.53 Å². The van der Waals surface area contributed by atoms with Crippen molar-refractivity contribution in [3.63, 3.8) is 0 Å². The third-order valence-corrected chi connectivity index (χ3v) is 3.20. The van der Waals surface area contributed by atoms with Crippen molar-refractivity contribution in [1.82, 2.24) is 9.88 Å². The molecule has 0 saturated carbocycles. The third kappa shape index (κ3) is 3.64. The Bertz CT molecular complexity index is 641. The van der Waals surface area contributed by atoms with Crippen LogP contribution in [0.25, 0.3) is 0 Å². The Morgan fingerprint density at radius 2 is 2.10 bits per heavy atom. The van der Waals surface area contributed by atoms with E-state index in [9.17, 15) is 4.79 Å². The van der Waals surface area contributed by atoms with E-state index in [1.807, 2.05) is 24.3 Å². The maximum absolute atomic E-state index is 12.4. The van der Waals surface area contributed by atoms with E-state index in [-0.39, 0.29) is 16.9 Å². The van der Waals surface area contributed by atoms with Gasteiger partial charge in [0.1, 0.15) is 16.7 Å². The molecule has 1 amide bonds. The van der Waals surface area contributed by atoms with E-state index >= 15 is 0 Å². The zero-order chi connectivity index (χ0) is 15.4. The van der Waals surface area contributed by atoms with Gasteiger partial charge in [-0.25, -0.2) is 4.98 Å². The molecule has 0 aliphatic carbocycles. The van der Waals surface area contributed by atoms with Crippen LogP contribution < -0.4 is 10.5 Å². The number of nitrogens with two attached hydrogens (primary N) is 1. The monoisotopic (exact) mass is 305 g/mol. The molecule has 2 aromatic rings. The molecule has 1 heterocycles. The zero-order valence-electron chi connectivity index (χ0n) is 11.8. The molecular formula is C15H16ClN3O2. The number of amides is 1. The minimum Gasteiger partial charge on any atom is -0.496 e. The van der Waals surface area contributed by atoms with Gasteiger partial charge >= 0.3 is 0 Å². The Kier molecular flexibility index (Phi) is 4.65. The van der Waals surface area contributed by atoms with Crippen LogP contribution in [0.4, 0.5) is 5.82 Å². The van der Waals surface area contributed by atoms with E-state index in [0.717, 1.165) is 11.3 Å². The van der Waals surface area contributed by atoms with E-state index in [2.05, 4.69) is 4.98 Å². The van der Waals surface area contributed by atoms with Gasteiger partial charge in [-0.15, -0.1) is 0 Å². The lowest BCUT2D eigenvalue weighted by Crippen LogP contribution is -2.26. The van der Waals surface area contributed by atoms with Crippen molar-refractivity contribution in [3.8, 4) is 5.75 Å². The summed E-state index contributed by atoms with van der Waals surface area (Å²) >= 11 is 5.82. The standard InChI is InChI=1S/C15H16ClN3O2/c1-19(9-10-5-3-4-6-12(10)21-2)15(20)11-7-13(16)18-14(17)8-11/h3-8H,9H2,1-2H3,(H2,17,18). The molecule has 0 aliphatic rings. The molecule has 0 atom stereocenters. The second kappa shape index (κ2) is 6.45. The summed E-state index contributed by atoms with van der Waals surface area (Å²) in [5.41, 5.74) is 6.94. The Balaban J connectivity index is 2.19. The number of hydrogen-bond donors (Lipinski definition) is 1. The molecule has 0 bridgehead atoms. The molecule has 6 heteroatoms. The zero-order valence-corrected chi connectivity index (χ0v) is 12.6. The molecule has 0 fully saturated rings. The highest BCUT2D eigenvalue weighted by molar-refractivity contribution is 6.29. The van der Waals surface area contributed by atoms with E-state index in [1.165, 1.54) is 12.1 Å². The van der Waals surface area contributed by atoms with Gasteiger partial charge in [-0.2, -0.15) is 0 Å². The molecule has 21 heavy (non-hydrogen) atoms. The molecule has 2 N–H and O–H groups in total. The Labute approximate surface area is 128 Å². The SMILES string of the molecule is COc1ccccc1CN(C)C(=O)c1cc(N)nc(Cl)c1. The fraction of sp³-hybridized carbons (Fsp3) is 0.200. The maximum atomic E-state index is 12.4. The van der Waals surface area contributed by atoms with Crippen LogP contribution in [-0.4, -0.2) is 29.9 Å². The molecule has 2 rings (SSSR count). The van der Waals surface area contributed by atoms with Crippen LogP contribution in [0, 0.1) is 0 Å². The quantitative estimate of drug-likeness (QED) is 0.882. The topological polar surface area (TPSA) is 68.5 Å². The average Bonchev–Trinajstić information content (AvgIpc) is 2.46. The molecule has 5 nitrogen and oxygen atoms in total. The second-order valence-electron chi connectivity index (χ2n) is 4.58. The highest BCUT2D eigenvalue weighted by atomic mass is 35.5. The summed E-state index contributed by atoms with van der Waals surface area (Å²) in [7, 11) is 3.31. The smallest absolute Gasteiger partial charge is 0.254 e. The number of nitrogens with zero attached hydrogens (tertiary/aromatic N) is 2. The number of anilines is 1. The van der Waals surface area contributed by atoms with E-state index < -0.39 is 0 Å². The summed E-state index contributed by atoms with van der Waals surface area (Å²) in [6.45, 7) is 0.419. The van der Waals surface area contributed by atoms with Crippen LogP contribution in [0.1, 0.15) is 15.9 Å². The van der Waals surface area contributed by atoms with Crippen molar-refractivity contribution >= 4 is 23.3 Å². The first-order valence-corrected chi connectivity index (χ1v) is 6.69. The average molecular weight is 306 g/mol. The van der Waals surface area contributed by atoms with Gasteiger partial charge in [-0.05, 0) is 18.2 Å². The van der Waals surface area contributed by atoms with E-state index in [0.29, 0.717) is 12.1 Å². The van der Waals surface area contributed by atoms with Crippen molar-refractivity contribution in [1.29, 1.82) is 0 Å². The molecule has 0 radical (unpaired) electrons. The van der Waals surface area contributed by atoms with Gasteiger partial charge in [-0.1, -0.05) is 29.8 Å². The number of para-hydroxylation sites is 1. The number of methoxy groups -OCH3 is 1. The predicted molar refractivity (Wildman–Crippen MR) is 82.5 cm³/mol. The summed E-state index contributed by atoms with van der Waals surface area (Å²) in [5, 5.41) is 0.198. The highest BCUT2D eigenvalue weighted by Gasteiger charge is 2.15. The van der Waals surface area contributed by atoms with E-state index in [4.69, 9.17) is 22.1 Å². The summed E-state index contributed by atoms with van der Waals surface area (Å²) in [5.74, 6) is 0.776. The number of rotatable bonds is 4. The Morgan fingerprint density at radius 1 is 1.38 bits per heavy atom. The van der Waals surface area contributed by atoms with Crippen LogP contribution in [0.15, 0.2) is 36.4 Å². The molecule has 0 spiro atoms. The number of nitrogen functional groups attached to an aromatic ring is 1. The third-order valence-electron chi connectivity index (χ3n) is 3.01. The normalized spacial score (nSPS) is 10.2. The number of ether oxygens (including phenoxy) is 1. The highest BCUT2D eigenvalue weighted by Crippen LogP contribution is 2.20. The maximum Gasteiger partial charge on any atom is 0.254 e. The van der Waals surface area contributed by atoms with Crippen LogP contribution in [0.3, 0.4) is 0 Å². The summed E-state index contributed by atoms with van der Waals surface area (Å²) in [6.07, 6.45) is 0. The van der Waals surface area contributed by atoms with Crippen molar-refractivity contribution in [2.45, 2.75) is 6.54 Å². The number of hydrogen-bond acceptors (Lipinski definition) is 4. The number of carbonyl (C=O) groups is 1. The number of carbonyl (C=O) groups excluding carboxylic acids is 1. The lowest BCUT2D eigenvalue weighted by atomic mass is 10.1. The minimum absolute atomic E-state index is 0.183. The van der Waals surface area contributed by atoms with Gasteiger partial charge in [0.2, 0.25) is 0 Å². The number of halogens is 1. The molecule has 0 unspecified atom stereocenters. The predicted octanol–water partition coefficient (Wildman–Crippen LogP) is 2.60. The summed E-state index contributed by atoms with van der Waals surface area (Å²) in [4.78, 5) is 17.8. The van der Waals surface area contributed by atoms with Gasteiger partial charge in [0, 0.05) is 24.7 Å². The fourth-order valence-corrected chi connectivity index (χ4v) is 2.24. The summed E-state index contributed by atoms with van der Waals surface area (Å²) < 4.78 is 5.28. The second-order valence-corrected chi connectivity index (χ2v) is 4.96. The van der Waals surface area contributed by atoms with Gasteiger partial charge < -0.3 is 15.4 Å². The van der Waals surface area contributed by atoms with Crippen molar-refractivity contribution in [2.75, 3.05) is 19.9 Å². The van der Waals surface area contributed by atoms with Crippen LogP contribution in [0.5, 0.6) is 5.75 Å². The van der Waals surface area contributed by atoms with Crippen molar-refractivity contribution in [3.05, 3.63) is 52.7 Å². The number of aromatic nitrogens is 1. The molecule has 1 aromatic carbocycles. The summed E-state index contributed by atoms with van der Waals surface area (Å²) in [6, 6.07) is 10.6. The molecule has 0 aliphatic heterocycles. The van der Waals surface area contributed by atoms with Crippen LogP contribution in [0.2, 0.25) is 5.15 Å². The Hall–Kier alpha value is -2.27.